The first-order valence-electron chi connectivity index (χ1n) is 8.68. The molecule has 3 aromatic rings. The summed E-state index contributed by atoms with van der Waals surface area (Å²) in [5.41, 5.74) is 9.41. The minimum Gasteiger partial charge on any atom is -0.478 e. The highest BCUT2D eigenvalue weighted by molar-refractivity contribution is 5.88. The largest absolute Gasteiger partial charge is 0.490 e. The summed E-state index contributed by atoms with van der Waals surface area (Å²) < 4.78 is 65.4. The molecule has 0 saturated carbocycles. The van der Waals surface area contributed by atoms with Crippen LogP contribution in [0.1, 0.15) is 15.9 Å². The van der Waals surface area contributed by atoms with Gasteiger partial charge in [-0.2, -0.15) is 26.3 Å². The number of nitrogens with two attached hydrogens (primary N) is 1. The molecule has 0 spiro atoms. The van der Waals surface area contributed by atoms with E-state index in [1.807, 2.05) is 28.9 Å². The van der Waals surface area contributed by atoms with E-state index in [2.05, 4.69) is 4.98 Å². The van der Waals surface area contributed by atoms with E-state index in [9.17, 15) is 31.1 Å². The molecule has 0 saturated heterocycles. The lowest BCUT2D eigenvalue weighted by Gasteiger charge is -1.97. The van der Waals surface area contributed by atoms with Crippen LogP contribution in [0.25, 0.3) is 16.9 Å². The first kappa shape index (κ1) is 27.9. The Bertz CT molecular complexity index is 1130. The molecule has 0 aliphatic rings. The van der Waals surface area contributed by atoms with Crippen LogP contribution in [0.4, 0.5) is 26.3 Å². The summed E-state index contributed by atoms with van der Waals surface area (Å²) in [6.07, 6.45) is -6.34. The third-order valence-electron chi connectivity index (χ3n) is 3.67. The van der Waals surface area contributed by atoms with Crippen LogP contribution in [-0.4, -0.2) is 55.0 Å². The number of imidazole rings is 1. The van der Waals surface area contributed by atoms with Crippen molar-refractivity contribution in [2.75, 3.05) is 0 Å². The van der Waals surface area contributed by atoms with Crippen molar-refractivity contribution in [3.05, 3.63) is 59.9 Å². The monoisotopic (exact) mass is 495 g/mol. The van der Waals surface area contributed by atoms with E-state index in [0.29, 0.717) is 6.54 Å². The predicted octanol–water partition coefficient (Wildman–Crippen LogP) is 3.42. The highest BCUT2D eigenvalue weighted by Gasteiger charge is 2.38. The Morgan fingerprint density at radius 2 is 1.35 bits per heavy atom. The summed E-state index contributed by atoms with van der Waals surface area (Å²) in [6.45, 7) is 0.478. The number of aromatic nitrogens is 2. The Hall–Kier alpha value is -4.14. The lowest BCUT2D eigenvalue weighted by atomic mass is 10.1. The molecule has 0 radical (unpaired) electrons. The Kier molecular flexibility index (Phi) is 9.13. The number of hydrogen-bond acceptors (Lipinski definition) is 5. The molecule has 184 valence electrons. The molecule has 15 heteroatoms. The molecule has 0 aliphatic heterocycles. The van der Waals surface area contributed by atoms with Crippen molar-refractivity contribution in [1.29, 1.82) is 0 Å². The number of carboxylic acids is 3. The predicted molar refractivity (Wildman–Crippen MR) is 103 cm³/mol. The minimum atomic E-state index is -5.08. The number of aliphatic carboxylic acids is 2. The molecular formula is C19H15F6N3O6. The van der Waals surface area contributed by atoms with Gasteiger partial charge in [-0.3, -0.25) is 0 Å². The molecule has 2 aromatic heterocycles. The topological polar surface area (TPSA) is 155 Å². The molecule has 0 bridgehead atoms. The first-order valence-corrected chi connectivity index (χ1v) is 8.68. The van der Waals surface area contributed by atoms with Gasteiger partial charge in [0.2, 0.25) is 0 Å². The number of benzene rings is 1. The zero-order valence-electron chi connectivity index (χ0n) is 16.6. The van der Waals surface area contributed by atoms with Gasteiger partial charge in [0.15, 0.2) is 0 Å². The van der Waals surface area contributed by atoms with Gasteiger partial charge in [0.05, 0.1) is 11.3 Å². The molecule has 0 unspecified atom stereocenters. The molecular weight excluding hydrogens is 480 g/mol. The van der Waals surface area contributed by atoms with E-state index >= 15 is 0 Å². The standard InChI is InChI=1S/C15H13N3O2.2C2HF3O2/c16-8-10-5-6-18-9-13(17-14(18)7-10)11-1-3-12(4-2-11)15(19)20;2*3-2(4,5)1(6)7/h1-7,9H,8,16H2,(H,19,20);2*(H,6,7). The van der Waals surface area contributed by atoms with E-state index in [0.717, 1.165) is 22.5 Å². The van der Waals surface area contributed by atoms with Crippen LogP contribution in [-0.2, 0) is 16.1 Å². The molecule has 0 aliphatic carbocycles. The van der Waals surface area contributed by atoms with Crippen molar-refractivity contribution in [3.8, 4) is 11.3 Å². The van der Waals surface area contributed by atoms with E-state index in [4.69, 9.17) is 30.6 Å². The Morgan fingerprint density at radius 1 is 0.882 bits per heavy atom. The number of hydrogen-bond donors (Lipinski definition) is 4. The quantitative estimate of drug-likeness (QED) is 0.403. The fraction of sp³-hybridized carbons (Fsp3) is 0.158. The number of halogens is 6. The molecule has 0 atom stereocenters. The van der Waals surface area contributed by atoms with E-state index in [-0.39, 0.29) is 5.56 Å². The molecule has 34 heavy (non-hydrogen) atoms. The number of alkyl halides is 6. The first-order chi connectivity index (χ1) is 15.6. The Balaban J connectivity index is 0.000000343. The zero-order chi connectivity index (χ0) is 26.3. The highest BCUT2D eigenvalue weighted by atomic mass is 19.4. The minimum absolute atomic E-state index is 0.267. The lowest BCUT2D eigenvalue weighted by Crippen LogP contribution is -2.21. The number of carbonyl (C=O) groups is 3. The summed E-state index contributed by atoms with van der Waals surface area (Å²) in [5.74, 6) is -6.45. The number of pyridine rings is 1. The van der Waals surface area contributed by atoms with Crippen LogP contribution in [0, 0.1) is 0 Å². The lowest BCUT2D eigenvalue weighted by molar-refractivity contribution is -0.193. The fourth-order valence-corrected chi connectivity index (χ4v) is 2.07. The Labute approximate surface area is 185 Å². The van der Waals surface area contributed by atoms with Gasteiger partial charge >= 0.3 is 30.3 Å². The van der Waals surface area contributed by atoms with Crippen molar-refractivity contribution < 1.29 is 56.0 Å². The number of rotatable bonds is 3. The van der Waals surface area contributed by atoms with Gasteiger partial charge in [-0.05, 0) is 29.8 Å². The highest BCUT2D eigenvalue weighted by Crippen LogP contribution is 2.20. The molecule has 9 nitrogen and oxygen atoms in total. The zero-order valence-corrected chi connectivity index (χ0v) is 16.6. The summed E-state index contributed by atoms with van der Waals surface area (Å²) in [4.78, 5) is 33.1. The van der Waals surface area contributed by atoms with E-state index in [1.54, 1.807) is 24.3 Å². The second-order valence-corrected chi connectivity index (χ2v) is 6.12. The van der Waals surface area contributed by atoms with Gasteiger partial charge in [-0.15, -0.1) is 0 Å². The normalized spacial score (nSPS) is 11.0. The van der Waals surface area contributed by atoms with Gasteiger partial charge in [0.25, 0.3) is 0 Å². The second-order valence-electron chi connectivity index (χ2n) is 6.12. The van der Waals surface area contributed by atoms with Gasteiger partial charge in [-0.1, -0.05) is 12.1 Å². The Morgan fingerprint density at radius 3 is 1.74 bits per heavy atom. The average Bonchev–Trinajstić information content (AvgIpc) is 3.16. The number of carboxylic acid groups (broad SMARTS) is 3. The van der Waals surface area contributed by atoms with Crippen molar-refractivity contribution >= 4 is 23.6 Å². The van der Waals surface area contributed by atoms with Crippen LogP contribution in [0.2, 0.25) is 0 Å². The maximum atomic E-state index is 10.8. The third kappa shape index (κ3) is 8.42. The van der Waals surface area contributed by atoms with Crippen molar-refractivity contribution in [1.82, 2.24) is 9.38 Å². The van der Waals surface area contributed by atoms with Crippen LogP contribution in [0.15, 0.2) is 48.8 Å². The van der Waals surface area contributed by atoms with E-state index in [1.165, 1.54) is 0 Å². The number of aromatic carboxylic acids is 1. The summed E-state index contributed by atoms with van der Waals surface area (Å²) in [7, 11) is 0. The number of fused-ring (bicyclic) bond motifs is 1. The summed E-state index contributed by atoms with van der Waals surface area (Å²) >= 11 is 0. The maximum absolute atomic E-state index is 10.8. The number of nitrogens with zero attached hydrogens (tertiary/aromatic N) is 2. The van der Waals surface area contributed by atoms with E-state index < -0.39 is 30.3 Å². The average molecular weight is 495 g/mol. The molecule has 0 amide bonds. The van der Waals surface area contributed by atoms with Gasteiger partial charge in [0, 0.05) is 24.5 Å². The van der Waals surface area contributed by atoms with Crippen LogP contribution in [0.5, 0.6) is 0 Å². The summed E-state index contributed by atoms with van der Waals surface area (Å²) in [6, 6.07) is 10.6. The molecule has 0 fully saturated rings. The van der Waals surface area contributed by atoms with Crippen LogP contribution >= 0.6 is 0 Å². The second kappa shape index (κ2) is 11.1. The third-order valence-corrected chi connectivity index (χ3v) is 3.67. The maximum Gasteiger partial charge on any atom is 0.490 e. The van der Waals surface area contributed by atoms with Crippen molar-refractivity contribution in [2.45, 2.75) is 18.9 Å². The smallest absolute Gasteiger partial charge is 0.478 e. The van der Waals surface area contributed by atoms with Crippen LogP contribution in [0.3, 0.4) is 0 Å². The fourth-order valence-electron chi connectivity index (χ4n) is 2.07. The summed E-state index contributed by atoms with van der Waals surface area (Å²) in [5, 5.41) is 23.1. The van der Waals surface area contributed by atoms with Gasteiger partial charge in [0.1, 0.15) is 5.65 Å². The SMILES string of the molecule is NCc1ccn2cc(-c3ccc(C(=O)O)cc3)nc2c1.O=C(O)C(F)(F)F.O=C(O)C(F)(F)F. The van der Waals surface area contributed by atoms with Gasteiger partial charge < -0.3 is 25.5 Å². The van der Waals surface area contributed by atoms with Gasteiger partial charge in [-0.25, -0.2) is 19.4 Å². The van der Waals surface area contributed by atoms with Crippen LogP contribution < -0.4 is 5.73 Å². The van der Waals surface area contributed by atoms with Crippen molar-refractivity contribution in [3.63, 3.8) is 0 Å². The molecule has 1 aromatic carbocycles. The molecule has 2 heterocycles. The molecule has 3 rings (SSSR count). The van der Waals surface area contributed by atoms with Crippen molar-refractivity contribution in [2.24, 2.45) is 5.73 Å². The molecule has 5 N–H and O–H groups in total.